The molecule has 0 saturated carbocycles. The van der Waals surface area contributed by atoms with Crippen LogP contribution in [0.2, 0.25) is 0 Å². The van der Waals surface area contributed by atoms with Crippen molar-refractivity contribution in [1.29, 1.82) is 0 Å². The molecule has 5 heteroatoms. The van der Waals surface area contributed by atoms with Crippen LogP contribution in [0.5, 0.6) is 0 Å². The average Bonchev–Trinajstić information content (AvgIpc) is 3.95. The second-order valence-corrected chi connectivity index (χ2v) is 16.4. The van der Waals surface area contributed by atoms with Crippen molar-refractivity contribution >= 4 is 96.8 Å². The Kier molecular flexibility index (Phi) is 6.85. The van der Waals surface area contributed by atoms with Crippen molar-refractivity contribution in [3.05, 3.63) is 194 Å². The van der Waals surface area contributed by atoms with Crippen LogP contribution in [0.15, 0.2) is 194 Å². The molecule has 13 aromatic rings. The summed E-state index contributed by atoms with van der Waals surface area (Å²) in [5, 5.41) is 10.8. The molecule has 0 amide bonds. The average molecular weight is 769 g/mol. The number of thiophene rings is 1. The van der Waals surface area contributed by atoms with E-state index in [0.29, 0.717) is 5.95 Å². The van der Waals surface area contributed by atoms with Crippen LogP contribution in [0.1, 0.15) is 0 Å². The maximum absolute atomic E-state index is 5.66. The summed E-state index contributed by atoms with van der Waals surface area (Å²) in [7, 11) is 0. The summed E-state index contributed by atoms with van der Waals surface area (Å²) in [6.07, 6.45) is 0. The van der Waals surface area contributed by atoms with Crippen molar-refractivity contribution in [3.8, 4) is 34.0 Å². The summed E-state index contributed by atoms with van der Waals surface area (Å²) in [5.41, 5.74) is 11.0. The van der Waals surface area contributed by atoms with Crippen molar-refractivity contribution in [3.63, 3.8) is 0 Å². The lowest BCUT2D eigenvalue weighted by Gasteiger charge is -2.11. The van der Waals surface area contributed by atoms with Crippen LogP contribution < -0.4 is 0 Å². The van der Waals surface area contributed by atoms with E-state index in [4.69, 9.17) is 9.97 Å². The summed E-state index contributed by atoms with van der Waals surface area (Å²) in [6.45, 7) is 0. The summed E-state index contributed by atoms with van der Waals surface area (Å²) < 4.78 is 6.94. The Balaban J connectivity index is 1.14. The largest absolute Gasteiger partial charge is 0.309 e. The van der Waals surface area contributed by atoms with E-state index in [-0.39, 0.29) is 0 Å². The first-order chi connectivity index (χ1) is 29.2. The molecule has 0 aliphatic rings. The van der Waals surface area contributed by atoms with Gasteiger partial charge in [-0.15, -0.1) is 11.3 Å². The smallest absolute Gasteiger partial charge is 0.235 e. The number of rotatable bonds is 4. The predicted octanol–water partition coefficient (Wildman–Crippen LogP) is 14.7. The van der Waals surface area contributed by atoms with Gasteiger partial charge < -0.3 is 4.57 Å². The Labute approximate surface area is 342 Å². The third-order valence-electron chi connectivity index (χ3n) is 12.1. The summed E-state index contributed by atoms with van der Waals surface area (Å²) >= 11 is 1.78. The monoisotopic (exact) mass is 768 g/mol. The molecule has 0 saturated heterocycles. The van der Waals surface area contributed by atoms with Gasteiger partial charge in [-0.1, -0.05) is 140 Å². The molecule has 4 aromatic heterocycles. The van der Waals surface area contributed by atoms with E-state index >= 15 is 0 Å². The van der Waals surface area contributed by atoms with E-state index in [9.17, 15) is 0 Å². The number of hydrogen-bond acceptors (Lipinski definition) is 3. The van der Waals surface area contributed by atoms with Gasteiger partial charge in [0.1, 0.15) is 0 Å². The maximum atomic E-state index is 5.66. The molecule has 9 aromatic carbocycles. The lowest BCUT2D eigenvalue weighted by Crippen LogP contribution is -2.03. The second-order valence-electron chi connectivity index (χ2n) is 15.4. The SMILES string of the molecule is c1ccc(-c2ccc3c(c2)sc2c(-c4ccc5c(c4)c4ccccc4n5-c4ccccc4)nc(-n4c5cc6ccccc6cc5c5c6ccccc6ccc54)nc23)cc1. The molecule has 0 fully saturated rings. The first-order valence-corrected chi connectivity index (χ1v) is 20.8. The summed E-state index contributed by atoms with van der Waals surface area (Å²) in [4.78, 5) is 11.2. The fourth-order valence-electron chi connectivity index (χ4n) is 9.40. The number of para-hydroxylation sites is 2. The molecular formula is C54H32N4S. The Morgan fingerprint density at radius 1 is 0.373 bits per heavy atom. The molecule has 0 bridgehead atoms. The molecule has 0 aliphatic carbocycles. The molecule has 0 N–H and O–H groups in total. The Hall–Kier alpha value is -7.60. The van der Waals surface area contributed by atoms with E-state index in [1.165, 1.54) is 64.4 Å². The van der Waals surface area contributed by atoms with Crippen LogP contribution in [0.4, 0.5) is 0 Å². The molecule has 0 aliphatic heterocycles. The van der Waals surface area contributed by atoms with Gasteiger partial charge in [0.15, 0.2) is 0 Å². The first kappa shape index (κ1) is 32.5. The minimum Gasteiger partial charge on any atom is -0.309 e. The third-order valence-corrected chi connectivity index (χ3v) is 13.2. The van der Waals surface area contributed by atoms with Crippen LogP contribution in [0.25, 0.3) is 119 Å². The molecular weight excluding hydrogens is 737 g/mol. The van der Waals surface area contributed by atoms with Gasteiger partial charge in [0.25, 0.3) is 0 Å². The van der Waals surface area contributed by atoms with Gasteiger partial charge in [0, 0.05) is 42.9 Å². The van der Waals surface area contributed by atoms with E-state index in [1.54, 1.807) is 11.3 Å². The zero-order valence-electron chi connectivity index (χ0n) is 31.7. The van der Waals surface area contributed by atoms with E-state index < -0.39 is 0 Å². The zero-order valence-corrected chi connectivity index (χ0v) is 32.5. The van der Waals surface area contributed by atoms with Crippen molar-refractivity contribution in [1.82, 2.24) is 19.1 Å². The number of nitrogens with zero attached hydrogens (tertiary/aromatic N) is 4. The Bertz CT molecular complexity index is 3840. The minimum absolute atomic E-state index is 0.664. The third kappa shape index (κ3) is 4.83. The van der Waals surface area contributed by atoms with Crippen LogP contribution in [0, 0.1) is 0 Å². The number of fused-ring (bicyclic) bond motifs is 12. The number of aromatic nitrogens is 4. The van der Waals surface area contributed by atoms with Crippen molar-refractivity contribution in [2.24, 2.45) is 0 Å². The zero-order chi connectivity index (χ0) is 38.6. The van der Waals surface area contributed by atoms with Gasteiger partial charge in [0.05, 0.1) is 38.0 Å². The molecule has 13 rings (SSSR count). The molecule has 59 heavy (non-hydrogen) atoms. The first-order valence-electron chi connectivity index (χ1n) is 20.0. The van der Waals surface area contributed by atoms with Gasteiger partial charge in [-0.05, 0) is 87.3 Å². The van der Waals surface area contributed by atoms with Crippen molar-refractivity contribution in [2.45, 2.75) is 0 Å². The lowest BCUT2D eigenvalue weighted by atomic mass is 10.0. The van der Waals surface area contributed by atoms with E-state index in [0.717, 1.165) is 49.1 Å². The van der Waals surface area contributed by atoms with Crippen molar-refractivity contribution < 1.29 is 0 Å². The molecule has 4 nitrogen and oxygen atoms in total. The quantitative estimate of drug-likeness (QED) is 0.179. The minimum atomic E-state index is 0.664. The van der Waals surface area contributed by atoms with Gasteiger partial charge in [-0.2, -0.15) is 0 Å². The molecule has 0 unspecified atom stereocenters. The Morgan fingerprint density at radius 2 is 1.05 bits per heavy atom. The molecule has 0 radical (unpaired) electrons. The maximum Gasteiger partial charge on any atom is 0.235 e. The number of hydrogen-bond donors (Lipinski definition) is 0. The van der Waals surface area contributed by atoms with Gasteiger partial charge in [-0.25, -0.2) is 9.97 Å². The molecule has 4 heterocycles. The van der Waals surface area contributed by atoms with Crippen molar-refractivity contribution in [2.75, 3.05) is 0 Å². The predicted molar refractivity (Wildman–Crippen MR) is 249 cm³/mol. The fraction of sp³-hybridized carbons (Fsp3) is 0. The molecule has 0 spiro atoms. The van der Waals surface area contributed by atoms with Gasteiger partial charge in [-0.3, -0.25) is 4.57 Å². The number of benzene rings is 9. The molecule has 0 atom stereocenters. The molecule has 274 valence electrons. The Morgan fingerprint density at radius 3 is 1.90 bits per heavy atom. The highest BCUT2D eigenvalue weighted by Gasteiger charge is 2.23. The van der Waals surface area contributed by atoms with Crippen LogP contribution in [0.3, 0.4) is 0 Å². The summed E-state index contributed by atoms with van der Waals surface area (Å²) in [6, 6.07) is 70.1. The normalized spacial score (nSPS) is 12.1. The lowest BCUT2D eigenvalue weighted by molar-refractivity contribution is 1.02. The van der Waals surface area contributed by atoms with Crippen LogP contribution in [-0.4, -0.2) is 19.1 Å². The topological polar surface area (TPSA) is 35.6 Å². The van der Waals surface area contributed by atoms with Crippen LogP contribution in [-0.2, 0) is 0 Å². The van der Waals surface area contributed by atoms with Crippen LogP contribution >= 0.6 is 11.3 Å². The van der Waals surface area contributed by atoms with E-state index in [2.05, 4.69) is 203 Å². The highest BCUT2D eigenvalue weighted by molar-refractivity contribution is 7.26. The standard InChI is InChI=1S/C54H32N4S/c1-3-13-33(14-4-1)37-23-26-42-49(32-37)59-53-51(38-25-27-46-43(30-38)41-21-11-12-22-45(41)57(46)39-18-5-2-6-19-39)55-54(56-52(42)53)58-47-28-24-34-15-9-10-20-40(34)50(47)44-29-35-16-7-8-17-36(35)31-48(44)58/h1-32H. The second kappa shape index (κ2) is 12.4. The highest BCUT2D eigenvalue weighted by atomic mass is 32.1. The van der Waals surface area contributed by atoms with Gasteiger partial charge >= 0.3 is 0 Å². The van der Waals surface area contributed by atoms with E-state index in [1.807, 2.05) is 0 Å². The highest BCUT2D eigenvalue weighted by Crippen LogP contribution is 2.44. The van der Waals surface area contributed by atoms with Gasteiger partial charge in [0.2, 0.25) is 5.95 Å². The summed E-state index contributed by atoms with van der Waals surface area (Å²) in [5.74, 6) is 0.664. The fourth-order valence-corrected chi connectivity index (χ4v) is 10.6.